The molecule has 116 valence electrons. The Morgan fingerprint density at radius 1 is 1.23 bits per heavy atom. The van der Waals surface area contributed by atoms with Gasteiger partial charge >= 0.3 is 0 Å². The Labute approximate surface area is 128 Å². The van der Waals surface area contributed by atoms with E-state index in [1.807, 2.05) is 0 Å². The molecule has 0 saturated heterocycles. The van der Waals surface area contributed by atoms with Crippen LogP contribution in [0.3, 0.4) is 0 Å². The summed E-state index contributed by atoms with van der Waals surface area (Å²) in [6.07, 6.45) is 3.18. The van der Waals surface area contributed by atoms with Gasteiger partial charge in [-0.25, -0.2) is 22.9 Å². The summed E-state index contributed by atoms with van der Waals surface area (Å²) in [6, 6.07) is 9.56. The lowest BCUT2D eigenvalue weighted by Gasteiger charge is -2.18. The van der Waals surface area contributed by atoms with E-state index >= 15 is 0 Å². The van der Waals surface area contributed by atoms with E-state index in [2.05, 4.69) is 10.3 Å². The van der Waals surface area contributed by atoms with Gasteiger partial charge in [0.15, 0.2) is 0 Å². The van der Waals surface area contributed by atoms with Crippen molar-refractivity contribution in [2.75, 3.05) is 11.9 Å². The maximum absolute atomic E-state index is 14.0. The van der Waals surface area contributed by atoms with Gasteiger partial charge in [0.1, 0.15) is 16.5 Å². The van der Waals surface area contributed by atoms with Gasteiger partial charge in [0.05, 0.1) is 0 Å². The summed E-state index contributed by atoms with van der Waals surface area (Å²) in [4.78, 5) is 3.97. The molecule has 0 amide bonds. The molecule has 1 heterocycles. The van der Waals surface area contributed by atoms with Crippen LogP contribution in [0.5, 0.6) is 0 Å². The number of anilines is 1. The summed E-state index contributed by atoms with van der Waals surface area (Å²) in [6.45, 7) is 0.410. The van der Waals surface area contributed by atoms with E-state index < -0.39 is 10.0 Å². The number of sulfonamides is 1. The number of hydrogen-bond donors (Lipinski definition) is 2. The van der Waals surface area contributed by atoms with Crippen molar-refractivity contribution in [2.45, 2.75) is 23.2 Å². The number of aromatic nitrogens is 1. The van der Waals surface area contributed by atoms with Crippen molar-refractivity contribution in [3.8, 4) is 0 Å². The zero-order valence-electron chi connectivity index (χ0n) is 11.8. The van der Waals surface area contributed by atoms with Crippen LogP contribution in [0.15, 0.2) is 47.5 Å². The Balaban J connectivity index is 1.84. The SMILES string of the molecule is NS(=O)(=O)c1cccnc1NCC1(c2ccccc2F)CC1. The average Bonchev–Trinajstić information content (AvgIpc) is 3.26. The molecule has 0 atom stereocenters. The van der Waals surface area contributed by atoms with Gasteiger partial charge in [0, 0.05) is 18.2 Å². The number of rotatable bonds is 5. The van der Waals surface area contributed by atoms with E-state index in [4.69, 9.17) is 5.14 Å². The van der Waals surface area contributed by atoms with Crippen molar-refractivity contribution in [1.29, 1.82) is 0 Å². The second-order valence-corrected chi connectivity index (χ2v) is 7.04. The highest BCUT2D eigenvalue weighted by molar-refractivity contribution is 7.89. The molecule has 0 spiro atoms. The molecule has 0 aliphatic heterocycles. The van der Waals surface area contributed by atoms with E-state index in [9.17, 15) is 12.8 Å². The van der Waals surface area contributed by atoms with Crippen molar-refractivity contribution in [3.63, 3.8) is 0 Å². The highest BCUT2D eigenvalue weighted by atomic mass is 32.2. The van der Waals surface area contributed by atoms with Crippen molar-refractivity contribution >= 4 is 15.8 Å². The first-order chi connectivity index (χ1) is 10.4. The van der Waals surface area contributed by atoms with Gasteiger partial charge < -0.3 is 5.32 Å². The third-order valence-corrected chi connectivity index (χ3v) is 4.91. The normalized spacial score (nSPS) is 16.3. The number of pyridine rings is 1. The van der Waals surface area contributed by atoms with E-state index in [1.165, 1.54) is 24.4 Å². The zero-order chi connectivity index (χ0) is 15.8. The lowest BCUT2D eigenvalue weighted by atomic mass is 9.95. The molecule has 1 saturated carbocycles. The molecule has 1 aromatic heterocycles. The molecule has 1 fully saturated rings. The van der Waals surface area contributed by atoms with Crippen LogP contribution in [0.2, 0.25) is 0 Å². The minimum atomic E-state index is -3.85. The number of primary sulfonamides is 1. The molecule has 22 heavy (non-hydrogen) atoms. The van der Waals surface area contributed by atoms with Gasteiger partial charge in [-0.1, -0.05) is 18.2 Å². The van der Waals surface area contributed by atoms with Crippen LogP contribution in [-0.4, -0.2) is 19.9 Å². The quantitative estimate of drug-likeness (QED) is 0.882. The summed E-state index contributed by atoms with van der Waals surface area (Å²) in [5, 5.41) is 8.19. The van der Waals surface area contributed by atoms with Crippen molar-refractivity contribution in [3.05, 3.63) is 54.0 Å². The molecule has 5 nitrogen and oxygen atoms in total. The minimum Gasteiger partial charge on any atom is -0.368 e. The van der Waals surface area contributed by atoms with E-state index in [1.54, 1.807) is 18.2 Å². The number of nitrogens with two attached hydrogens (primary N) is 1. The van der Waals surface area contributed by atoms with Crippen LogP contribution in [0.1, 0.15) is 18.4 Å². The minimum absolute atomic E-state index is 0.0562. The van der Waals surface area contributed by atoms with Crippen LogP contribution in [-0.2, 0) is 15.4 Å². The molecular weight excluding hydrogens is 305 g/mol. The standard InChI is InChI=1S/C15H16FN3O2S/c16-12-5-2-1-4-11(12)15(7-8-15)10-19-14-13(22(17,20)21)6-3-9-18-14/h1-6,9H,7-8,10H2,(H,18,19)(H2,17,20,21). The van der Waals surface area contributed by atoms with Crippen LogP contribution in [0, 0.1) is 5.82 Å². The number of nitrogens with one attached hydrogen (secondary N) is 1. The summed E-state index contributed by atoms with van der Waals surface area (Å²) in [5.41, 5.74) is 0.342. The molecule has 3 rings (SSSR count). The first-order valence-corrected chi connectivity index (χ1v) is 8.44. The Kier molecular flexibility index (Phi) is 3.62. The molecule has 0 bridgehead atoms. The Hall–Kier alpha value is -1.99. The maximum atomic E-state index is 14.0. The molecule has 3 N–H and O–H groups in total. The van der Waals surface area contributed by atoms with Gasteiger partial charge in [-0.2, -0.15) is 0 Å². The smallest absolute Gasteiger partial charge is 0.241 e. The summed E-state index contributed by atoms with van der Waals surface area (Å²) < 4.78 is 37.1. The molecular formula is C15H16FN3O2S. The van der Waals surface area contributed by atoms with Crippen LogP contribution < -0.4 is 10.5 Å². The predicted octanol–water partition coefficient (Wildman–Crippen LogP) is 2.01. The number of benzene rings is 1. The fraction of sp³-hybridized carbons (Fsp3) is 0.267. The van der Waals surface area contributed by atoms with Crippen molar-refractivity contribution < 1.29 is 12.8 Å². The highest BCUT2D eigenvalue weighted by Gasteiger charge is 2.45. The van der Waals surface area contributed by atoms with Crippen LogP contribution in [0.4, 0.5) is 10.2 Å². The molecule has 0 radical (unpaired) electrons. The third kappa shape index (κ3) is 2.82. The molecule has 1 aromatic carbocycles. The van der Waals surface area contributed by atoms with Gasteiger partial charge in [0.25, 0.3) is 0 Å². The first-order valence-electron chi connectivity index (χ1n) is 6.89. The van der Waals surface area contributed by atoms with Crippen LogP contribution in [0.25, 0.3) is 0 Å². The molecule has 2 aromatic rings. The Bertz CT molecular complexity index is 804. The summed E-state index contributed by atoms with van der Waals surface area (Å²) in [7, 11) is -3.85. The fourth-order valence-corrected chi connectivity index (χ4v) is 3.25. The molecule has 1 aliphatic rings. The molecule has 0 unspecified atom stereocenters. The van der Waals surface area contributed by atoms with E-state index in [0.29, 0.717) is 12.1 Å². The lowest BCUT2D eigenvalue weighted by molar-refractivity contribution is 0.577. The molecule has 1 aliphatic carbocycles. The lowest BCUT2D eigenvalue weighted by Crippen LogP contribution is -2.23. The van der Waals surface area contributed by atoms with Gasteiger partial charge in [0.2, 0.25) is 10.0 Å². The second kappa shape index (κ2) is 5.33. The monoisotopic (exact) mass is 321 g/mol. The Morgan fingerprint density at radius 3 is 2.59 bits per heavy atom. The van der Waals surface area contributed by atoms with Gasteiger partial charge in [-0.3, -0.25) is 0 Å². The highest BCUT2D eigenvalue weighted by Crippen LogP contribution is 2.49. The maximum Gasteiger partial charge on any atom is 0.241 e. The van der Waals surface area contributed by atoms with Crippen molar-refractivity contribution in [2.24, 2.45) is 5.14 Å². The zero-order valence-corrected chi connectivity index (χ0v) is 12.6. The van der Waals surface area contributed by atoms with E-state index in [-0.39, 0.29) is 21.9 Å². The molecule has 7 heteroatoms. The van der Waals surface area contributed by atoms with Gasteiger partial charge in [-0.15, -0.1) is 0 Å². The topological polar surface area (TPSA) is 85.1 Å². The summed E-state index contributed by atoms with van der Waals surface area (Å²) >= 11 is 0. The summed E-state index contributed by atoms with van der Waals surface area (Å²) in [5.74, 6) is -0.0397. The number of nitrogens with zero attached hydrogens (tertiary/aromatic N) is 1. The third-order valence-electron chi connectivity index (χ3n) is 3.97. The predicted molar refractivity (Wildman–Crippen MR) is 81.4 cm³/mol. The Morgan fingerprint density at radius 2 is 1.95 bits per heavy atom. The van der Waals surface area contributed by atoms with Crippen molar-refractivity contribution in [1.82, 2.24) is 4.98 Å². The fourth-order valence-electron chi connectivity index (χ4n) is 2.59. The average molecular weight is 321 g/mol. The van der Waals surface area contributed by atoms with E-state index in [0.717, 1.165) is 12.8 Å². The van der Waals surface area contributed by atoms with Gasteiger partial charge in [-0.05, 0) is 36.6 Å². The largest absolute Gasteiger partial charge is 0.368 e. The number of halogens is 1. The number of hydrogen-bond acceptors (Lipinski definition) is 4. The first kappa shape index (κ1) is 14.9. The van der Waals surface area contributed by atoms with Crippen LogP contribution >= 0.6 is 0 Å². The second-order valence-electron chi connectivity index (χ2n) is 5.51.